The lowest BCUT2D eigenvalue weighted by Gasteiger charge is -2.28. The van der Waals surface area contributed by atoms with Gasteiger partial charge in [0.2, 0.25) is 5.91 Å². The maximum Gasteiger partial charge on any atom is 0.417 e. The van der Waals surface area contributed by atoms with Gasteiger partial charge in [0, 0.05) is 12.6 Å². The van der Waals surface area contributed by atoms with E-state index in [1.165, 1.54) is 12.5 Å². The zero-order chi connectivity index (χ0) is 22.9. The maximum atomic E-state index is 13.2. The van der Waals surface area contributed by atoms with E-state index in [-0.39, 0.29) is 19.4 Å². The molecule has 1 aromatic heterocycles. The monoisotopic (exact) mass is 436 g/mol. The molecular weight excluding hydrogens is 412 g/mol. The third-order valence-corrected chi connectivity index (χ3v) is 4.81. The van der Waals surface area contributed by atoms with E-state index < -0.39 is 30.1 Å². The molecule has 9 nitrogen and oxygen atoms in total. The highest BCUT2D eigenvalue weighted by atomic mass is 16.6. The summed E-state index contributed by atoms with van der Waals surface area (Å²) in [4.78, 5) is 45.5. The molecule has 166 valence electrons. The fourth-order valence-electron chi connectivity index (χ4n) is 3.18. The van der Waals surface area contributed by atoms with E-state index in [4.69, 9.17) is 10.5 Å². The van der Waals surface area contributed by atoms with Crippen molar-refractivity contribution in [2.45, 2.75) is 31.5 Å². The summed E-state index contributed by atoms with van der Waals surface area (Å²) >= 11 is 0. The number of hydrogen-bond acceptors (Lipinski definition) is 6. The predicted octanol–water partition coefficient (Wildman–Crippen LogP) is 2.14. The fraction of sp³-hybridized carbons (Fsp3) is 0.217. The Kier molecular flexibility index (Phi) is 7.71. The van der Waals surface area contributed by atoms with Crippen molar-refractivity contribution in [2.75, 3.05) is 0 Å². The first kappa shape index (κ1) is 22.7. The van der Waals surface area contributed by atoms with E-state index >= 15 is 0 Å². The summed E-state index contributed by atoms with van der Waals surface area (Å²) < 4.78 is 5.28. The third kappa shape index (κ3) is 6.02. The van der Waals surface area contributed by atoms with Crippen LogP contribution in [0.5, 0.6) is 0 Å². The van der Waals surface area contributed by atoms with E-state index in [0.29, 0.717) is 16.2 Å². The van der Waals surface area contributed by atoms with Crippen LogP contribution in [-0.2, 0) is 33.8 Å². The van der Waals surface area contributed by atoms with Crippen LogP contribution in [0.15, 0.2) is 73.2 Å². The number of aromatic nitrogens is 2. The molecule has 1 heterocycles. The lowest BCUT2D eigenvalue weighted by atomic mass is 10.0. The summed E-state index contributed by atoms with van der Waals surface area (Å²) in [5.41, 5.74) is 7.95. The molecule has 2 atom stereocenters. The average Bonchev–Trinajstić information content (AvgIpc) is 3.31. The molecule has 0 fully saturated rings. The van der Waals surface area contributed by atoms with Crippen LogP contribution in [0.4, 0.5) is 4.79 Å². The molecule has 0 bridgehead atoms. The highest BCUT2D eigenvalue weighted by Crippen LogP contribution is 2.14. The summed E-state index contributed by atoms with van der Waals surface area (Å²) in [5, 5.41) is 9.82. The Hall–Kier alpha value is -3.98. The van der Waals surface area contributed by atoms with E-state index in [0.717, 1.165) is 5.56 Å². The zero-order valence-electron chi connectivity index (χ0n) is 17.3. The Morgan fingerprint density at radius 3 is 2.19 bits per heavy atom. The number of amides is 2. The number of hydrogen-bond donors (Lipinski definition) is 3. The van der Waals surface area contributed by atoms with Crippen LogP contribution in [0.2, 0.25) is 0 Å². The number of carboxylic acids is 1. The summed E-state index contributed by atoms with van der Waals surface area (Å²) in [5.74, 6) is -2.21. The second-order valence-electron chi connectivity index (χ2n) is 7.16. The van der Waals surface area contributed by atoms with E-state index in [1.54, 1.807) is 48.5 Å². The summed E-state index contributed by atoms with van der Waals surface area (Å²) in [6.45, 7) is -0.119. The number of imidazole rings is 1. The van der Waals surface area contributed by atoms with Gasteiger partial charge in [-0.2, -0.15) is 0 Å². The quantitative estimate of drug-likeness (QED) is 0.467. The van der Waals surface area contributed by atoms with Gasteiger partial charge in [-0.05, 0) is 17.5 Å². The molecule has 0 spiro atoms. The number of H-pyrrole nitrogens is 1. The Morgan fingerprint density at radius 1 is 1.00 bits per heavy atom. The molecule has 0 aliphatic carbocycles. The molecule has 2 unspecified atom stereocenters. The Balaban J connectivity index is 1.83. The number of aromatic amines is 1. The highest BCUT2D eigenvalue weighted by molar-refractivity contribution is 5.99. The minimum Gasteiger partial charge on any atom is -0.480 e. The van der Waals surface area contributed by atoms with Gasteiger partial charge < -0.3 is 20.6 Å². The number of nitrogens with two attached hydrogens (primary N) is 1. The lowest BCUT2D eigenvalue weighted by molar-refractivity contribution is -0.149. The Morgan fingerprint density at radius 2 is 1.62 bits per heavy atom. The van der Waals surface area contributed by atoms with E-state index in [1.807, 2.05) is 12.1 Å². The number of rotatable bonds is 9. The number of aliphatic carboxylic acids is 1. The molecule has 3 rings (SSSR count). The Labute approximate surface area is 184 Å². The lowest BCUT2D eigenvalue weighted by Crippen LogP contribution is -2.55. The topological polar surface area (TPSA) is 139 Å². The smallest absolute Gasteiger partial charge is 0.417 e. The van der Waals surface area contributed by atoms with Gasteiger partial charge in [-0.25, -0.2) is 19.5 Å². The molecule has 0 aliphatic heterocycles. The molecule has 9 heteroatoms. The summed E-state index contributed by atoms with van der Waals surface area (Å²) in [6.07, 6.45) is 1.75. The van der Waals surface area contributed by atoms with Gasteiger partial charge in [-0.3, -0.25) is 4.79 Å². The van der Waals surface area contributed by atoms with Crippen molar-refractivity contribution in [2.24, 2.45) is 5.73 Å². The van der Waals surface area contributed by atoms with Crippen LogP contribution in [0, 0.1) is 0 Å². The van der Waals surface area contributed by atoms with Gasteiger partial charge in [0.1, 0.15) is 12.6 Å². The van der Waals surface area contributed by atoms with Gasteiger partial charge in [-0.15, -0.1) is 0 Å². The summed E-state index contributed by atoms with van der Waals surface area (Å²) in [6, 6.07) is 15.2. The van der Waals surface area contributed by atoms with Crippen LogP contribution in [-0.4, -0.2) is 50.0 Å². The van der Waals surface area contributed by atoms with Crippen LogP contribution < -0.4 is 5.73 Å². The molecule has 0 saturated heterocycles. The van der Waals surface area contributed by atoms with Crippen LogP contribution in [0.25, 0.3) is 0 Å². The minimum absolute atomic E-state index is 0.119. The molecule has 3 aromatic rings. The van der Waals surface area contributed by atoms with E-state index in [9.17, 15) is 19.5 Å². The van der Waals surface area contributed by atoms with Crippen LogP contribution in [0.3, 0.4) is 0 Å². The van der Waals surface area contributed by atoms with Crippen LogP contribution in [0.1, 0.15) is 16.8 Å². The highest BCUT2D eigenvalue weighted by Gasteiger charge is 2.38. The standard InChI is InChI=1S/C23H24N4O5/c24-19(11-16-7-3-1-4-8-16)21(28)27(20(22(29)30)12-18-13-25-15-26-18)23(31)32-14-17-9-5-2-6-10-17/h1-10,13,15,19-20H,11-12,14,24H2,(H,25,26)(H,29,30). The number of carbonyl (C=O) groups is 3. The van der Waals surface area contributed by atoms with Crippen molar-refractivity contribution in [1.82, 2.24) is 14.9 Å². The van der Waals surface area contributed by atoms with Gasteiger partial charge in [0.15, 0.2) is 0 Å². The number of nitrogens with zero attached hydrogens (tertiary/aromatic N) is 2. The molecule has 2 aromatic carbocycles. The number of ether oxygens (including phenoxy) is 1. The summed E-state index contributed by atoms with van der Waals surface area (Å²) in [7, 11) is 0. The molecule has 0 aliphatic rings. The Bertz CT molecular complexity index is 1030. The van der Waals surface area contributed by atoms with E-state index in [2.05, 4.69) is 9.97 Å². The van der Waals surface area contributed by atoms with Crippen molar-refractivity contribution in [3.8, 4) is 0 Å². The van der Waals surface area contributed by atoms with Gasteiger partial charge in [0.05, 0.1) is 18.1 Å². The molecule has 2 amide bonds. The first-order valence-electron chi connectivity index (χ1n) is 9.99. The largest absolute Gasteiger partial charge is 0.480 e. The second-order valence-corrected chi connectivity index (χ2v) is 7.16. The third-order valence-electron chi connectivity index (χ3n) is 4.81. The van der Waals surface area contributed by atoms with Gasteiger partial charge in [0.25, 0.3) is 0 Å². The van der Waals surface area contributed by atoms with Crippen molar-refractivity contribution < 1.29 is 24.2 Å². The van der Waals surface area contributed by atoms with Crippen molar-refractivity contribution in [3.05, 3.63) is 90.0 Å². The predicted molar refractivity (Wildman–Crippen MR) is 115 cm³/mol. The normalized spacial score (nSPS) is 12.5. The fourth-order valence-corrected chi connectivity index (χ4v) is 3.18. The molecule has 0 saturated carbocycles. The second kappa shape index (κ2) is 10.9. The number of benzene rings is 2. The van der Waals surface area contributed by atoms with Crippen LogP contribution >= 0.6 is 0 Å². The molecule has 32 heavy (non-hydrogen) atoms. The number of nitrogens with one attached hydrogen (secondary N) is 1. The SMILES string of the molecule is NC(Cc1ccccc1)C(=O)N(C(=O)OCc1ccccc1)C(Cc1c[nH]cn1)C(=O)O. The van der Waals surface area contributed by atoms with Crippen molar-refractivity contribution in [1.29, 1.82) is 0 Å². The average molecular weight is 436 g/mol. The zero-order valence-corrected chi connectivity index (χ0v) is 17.3. The van der Waals surface area contributed by atoms with Gasteiger partial charge in [-0.1, -0.05) is 60.7 Å². The van der Waals surface area contributed by atoms with Gasteiger partial charge >= 0.3 is 12.1 Å². The van der Waals surface area contributed by atoms with Crippen molar-refractivity contribution >= 4 is 18.0 Å². The maximum absolute atomic E-state index is 13.2. The van der Waals surface area contributed by atoms with Crippen molar-refractivity contribution in [3.63, 3.8) is 0 Å². The molecule has 4 N–H and O–H groups in total. The number of carboxylic acid groups (broad SMARTS) is 1. The number of carbonyl (C=O) groups excluding carboxylic acids is 2. The molecule has 0 radical (unpaired) electrons. The number of imide groups is 1. The minimum atomic E-state index is -1.53. The molecular formula is C23H24N4O5. The first-order chi connectivity index (χ1) is 15.5. The first-order valence-corrected chi connectivity index (χ1v) is 9.99.